The van der Waals surface area contributed by atoms with E-state index in [0.29, 0.717) is 47.7 Å². The maximum atomic E-state index is 13.7. The first kappa shape index (κ1) is 26.6. The number of allylic oxidation sites excluding steroid dienone is 1. The number of nitro groups is 1. The van der Waals surface area contributed by atoms with Gasteiger partial charge in [-0.05, 0) is 68.0 Å². The second-order valence-electron chi connectivity index (χ2n) is 8.48. The first-order valence-electron chi connectivity index (χ1n) is 11.7. The molecule has 0 unspecified atom stereocenters. The van der Waals surface area contributed by atoms with Gasteiger partial charge in [-0.2, -0.15) is 0 Å². The van der Waals surface area contributed by atoms with Gasteiger partial charge >= 0.3 is 5.97 Å². The lowest BCUT2D eigenvalue weighted by Crippen LogP contribution is -2.39. The summed E-state index contributed by atoms with van der Waals surface area (Å²) in [6, 6.07) is 13.4. The summed E-state index contributed by atoms with van der Waals surface area (Å²) in [6.07, 6.45) is 1.62. The summed E-state index contributed by atoms with van der Waals surface area (Å²) in [6.45, 7) is 3.51. The highest BCUT2D eigenvalue weighted by Gasteiger charge is 2.35. The molecule has 0 bridgehead atoms. The lowest BCUT2D eigenvalue weighted by molar-refractivity contribution is -0.384. The van der Waals surface area contributed by atoms with Gasteiger partial charge in [0, 0.05) is 17.7 Å². The maximum Gasteiger partial charge on any atom is 0.338 e. The molecule has 1 atom stereocenters. The van der Waals surface area contributed by atoms with Crippen LogP contribution in [0.25, 0.3) is 17.4 Å². The summed E-state index contributed by atoms with van der Waals surface area (Å²) < 4.78 is 13.2. The van der Waals surface area contributed by atoms with Crippen LogP contribution in [0.5, 0.6) is 0 Å². The lowest BCUT2D eigenvalue weighted by Gasteiger charge is -2.22. The molecule has 0 fully saturated rings. The Hall–Kier alpha value is -3.99. The summed E-state index contributed by atoms with van der Waals surface area (Å²) in [5, 5.41) is 11.7. The first-order chi connectivity index (χ1) is 18.7. The van der Waals surface area contributed by atoms with E-state index in [1.54, 1.807) is 62.4 Å². The third kappa shape index (κ3) is 5.06. The quantitative estimate of drug-likeness (QED) is 0.173. The van der Waals surface area contributed by atoms with Crippen LogP contribution in [0.1, 0.15) is 31.2 Å². The Labute approximate surface area is 235 Å². The molecule has 3 heterocycles. The number of nitro benzene ring substituents is 1. The number of non-ortho nitro benzene ring substituents is 1. The molecule has 9 nitrogen and oxygen atoms in total. The van der Waals surface area contributed by atoms with Crippen molar-refractivity contribution in [1.29, 1.82) is 0 Å². The number of furan rings is 1. The Balaban J connectivity index is 1.66. The third-order valence-electron chi connectivity index (χ3n) is 6.02. The minimum atomic E-state index is -0.934. The Morgan fingerprint density at radius 1 is 1.18 bits per heavy atom. The molecule has 4 aromatic rings. The van der Waals surface area contributed by atoms with Gasteiger partial charge in [0.15, 0.2) is 4.80 Å². The summed E-state index contributed by atoms with van der Waals surface area (Å²) in [5.74, 6) is 0.187. The van der Waals surface area contributed by atoms with E-state index in [9.17, 15) is 19.7 Å². The lowest BCUT2D eigenvalue weighted by atomic mass is 10.0. The number of fused-ring (bicyclic) bond motifs is 1. The number of benzene rings is 2. The van der Waals surface area contributed by atoms with Crippen molar-refractivity contribution in [3.8, 4) is 11.3 Å². The van der Waals surface area contributed by atoms with Crippen LogP contribution in [0, 0.1) is 10.1 Å². The van der Waals surface area contributed by atoms with E-state index < -0.39 is 22.5 Å². The van der Waals surface area contributed by atoms with Crippen LogP contribution < -0.4 is 14.9 Å². The average Bonchev–Trinajstić information content (AvgIpc) is 3.50. The van der Waals surface area contributed by atoms with E-state index in [4.69, 9.17) is 32.4 Å². The number of rotatable bonds is 6. The molecule has 0 saturated carbocycles. The molecule has 198 valence electrons. The topological polar surface area (TPSA) is 117 Å². The van der Waals surface area contributed by atoms with Crippen molar-refractivity contribution in [2.45, 2.75) is 19.9 Å². The minimum Gasteiger partial charge on any atom is -0.463 e. The molecule has 0 radical (unpaired) electrons. The van der Waals surface area contributed by atoms with E-state index in [2.05, 4.69) is 4.99 Å². The second kappa shape index (κ2) is 10.6. The van der Waals surface area contributed by atoms with Crippen molar-refractivity contribution in [2.75, 3.05) is 6.61 Å². The Kier molecular flexibility index (Phi) is 7.26. The number of hydrogen-bond acceptors (Lipinski definition) is 8. The van der Waals surface area contributed by atoms with Gasteiger partial charge < -0.3 is 9.15 Å². The van der Waals surface area contributed by atoms with Gasteiger partial charge in [-0.3, -0.25) is 19.5 Å². The van der Waals surface area contributed by atoms with Crippen molar-refractivity contribution in [1.82, 2.24) is 4.57 Å². The fourth-order valence-corrected chi connectivity index (χ4v) is 5.55. The van der Waals surface area contributed by atoms with E-state index in [1.807, 2.05) is 0 Å². The fourth-order valence-electron chi connectivity index (χ4n) is 4.21. The van der Waals surface area contributed by atoms with Crippen molar-refractivity contribution < 1.29 is 18.9 Å². The highest BCUT2D eigenvalue weighted by molar-refractivity contribution is 7.07. The van der Waals surface area contributed by atoms with Gasteiger partial charge in [0.25, 0.3) is 11.2 Å². The van der Waals surface area contributed by atoms with Gasteiger partial charge in [-0.15, -0.1) is 0 Å². The van der Waals surface area contributed by atoms with E-state index >= 15 is 0 Å². The third-order valence-corrected chi connectivity index (χ3v) is 7.74. The summed E-state index contributed by atoms with van der Waals surface area (Å²) in [5.41, 5.74) is 1.39. The zero-order chi connectivity index (χ0) is 27.8. The number of carbonyl (C=O) groups is 1. The predicted molar refractivity (Wildman–Crippen MR) is 148 cm³/mol. The second-order valence-corrected chi connectivity index (χ2v) is 10.3. The Morgan fingerprint density at radius 2 is 1.92 bits per heavy atom. The molecule has 0 N–H and O–H groups in total. The van der Waals surface area contributed by atoms with Crippen LogP contribution in [0.3, 0.4) is 0 Å². The number of esters is 1. The van der Waals surface area contributed by atoms with E-state index in [1.165, 1.54) is 16.7 Å². The number of nitrogens with zero attached hydrogens (tertiary/aromatic N) is 3. The molecule has 0 saturated heterocycles. The molecular formula is C27H19Cl2N3O6S. The number of halogens is 2. The van der Waals surface area contributed by atoms with Crippen LogP contribution in [0.4, 0.5) is 5.69 Å². The van der Waals surface area contributed by atoms with Crippen LogP contribution >= 0.6 is 34.5 Å². The molecule has 0 amide bonds. The molecule has 1 aliphatic heterocycles. The SMILES string of the molecule is CCOC(=O)C1=C(C)N=c2s/c(=C\c3ccc([N+](=O)[O-])cc3)c(=O)n2[C@H]1c1ccc(-c2ccc(Cl)c(Cl)c2)o1. The zero-order valence-corrected chi connectivity index (χ0v) is 22.8. The van der Waals surface area contributed by atoms with Crippen LogP contribution in [-0.4, -0.2) is 22.1 Å². The summed E-state index contributed by atoms with van der Waals surface area (Å²) in [7, 11) is 0. The van der Waals surface area contributed by atoms with Crippen molar-refractivity contribution in [3.05, 3.63) is 117 Å². The normalized spacial score (nSPS) is 15.2. The number of thiazole rings is 1. The van der Waals surface area contributed by atoms with Gasteiger partial charge in [0.2, 0.25) is 0 Å². The van der Waals surface area contributed by atoms with E-state index in [0.717, 1.165) is 11.3 Å². The number of ether oxygens (including phenoxy) is 1. The van der Waals surface area contributed by atoms with Crippen molar-refractivity contribution in [2.24, 2.45) is 4.99 Å². The number of aromatic nitrogens is 1. The molecule has 39 heavy (non-hydrogen) atoms. The van der Waals surface area contributed by atoms with Crippen LogP contribution in [0.15, 0.2) is 80.1 Å². The van der Waals surface area contributed by atoms with Crippen LogP contribution in [0.2, 0.25) is 10.0 Å². The summed E-state index contributed by atoms with van der Waals surface area (Å²) >= 11 is 13.4. The molecule has 1 aliphatic rings. The smallest absolute Gasteiger partial charge is 0.338 e. The van der Waals surface area contributed by atoms with Crippen molar-refractivity contribution >= 4 is 52.3 Å². The first-order valence-corrected chi connectivity index (χ1v) is 13.2. The van der Waals surface area contributed by atoms with E-state index in [-0.39, 0.29) is 17.9 Å². The molecule has 2 aromatic carbocycles. The highest BCUT2D eigenvalue weighted by Crippen LogP contribution is 2.35. The average molecular weight is 584 g/mol. The molecule has 0 spiro atoms. The van der Waals surface area contributed by atoms with Crippen molar-refractivity contribution in [3.63, 3.8) is 0 Å². The van der Waals surface area contributed by atoms with Gasteiger partial charge in [0.1, 0.15) is 17.6 Å². The molecular weight excluding hydrogens is 565 g/mol. The molecule has 0 aliphatic carbocycles. The Morgan fingerprint density at radius 3 is 2.59 bits per heavy atom. The standard InChI is InChI=1S/C27H19Cl2N3O6S/c1-3-37-26(34)23-14(2)30-27-31(25(33)22(39-27)12-15-4-7-17(8-5-15)32(35)36)24(23)21-11-10-20(38-21)16-6-9-18(28)19(29)13-16/h4-13,24H,3H2,1-2H3/b22-12-/t24-/m0/s1. The molecule has 12 heteroatoms. The summed E-state index contributed by atoms with van der Waals surface area (Å²) in [4.78, 5) is 42.2. The molecule has 5 rings (SSSR count). The zero-order valence-electron chi connectivity index (χ0n) is 20.5. The van der Waals surface area contributed by atoms with Gasteiger partial charge in [-0.1, -0.05) is 34.5 Å². The van der Waals surface area contributed by atoms with Gasteiger partial charge in [-0.25, -0.2) is 9.79 Å². The highest BCUT2D eigenvalue weighted by atomic mass is 35.5. The van der Waals surface area contributed by atoms with Gasteiger partial charge in [0.05, 0.1) is 37.4 Å². The van der Waals surface area contributed by atoms with Crippen LogP contribution in [-0.2, 0) is 9.53 Å². The monoisotopic (exact) mass is 583 g/mol. The predicted octanol–water partition coefficient (Wildman–Crippen LogP) is 5.27. The Bertz CT molecular complexity index is 1840. The maximum absolute atomic E-state index is 13.7. The molecule has 2 aromatic heterocycles. The minimum absolute atomic E-state index is 0.0566. The fraction of sp³-hybridized carbons (Fsp3) is 0.148. The number of hydrogen-bond donors (Lipinski definition) is 0. The largest absolute Gasteiger partial charge is 0.463 e. The number of carbonyl (C=O) groups excluding carboxylic acids is 1.